The monoisotopic (exact) mass is 291 g/mol. The van der Waals surface area contributed by atoms with E-state index in [1.165, 1.54) is 11.3 Å². The van der Waals surface area contributed by atoms with Crippen LogP contribution in [-0.4, -0.2) is 29.8 Å². The normalized spacial score (nSPS) is 11.1. The van der Waals surface area contributed by atoms with Gasteiger partial charge in [-0.3, -0.25) is 0 Å². The maximum atomic E-state index is 11.3. The van der Waals surface area contributed by atoms with Gasteiger partial charge < -0.3 is 15.4 Å². The zero-order valence-corrected chi connectivity index (χ0v) is 12.3. The first-order chi connectivity index (χ1) is 8.40. The highest BCUT2D eigenvalue weighted by Gasteiger charge is 2.15. The molecule has 5 nitrogen and oxygen atoms in total. The van der Waals surface area contributed by atoms with E-state index in [2.05, 4.69) is 15.6 Å². The number of hydrogen-bond donors (Lipinski definition) is 2. The van der Waals surface area contributed by atoms with Crippen LogP contribution in [0.5, 0.6) is 0 Å². The van der Waals surface area contributed by atoms with Crippen LogP contribution in [0.3, 0.4) is 0 Å². The van der Waals surface area contributed by atoms with Crippen molar-refractivity contribution in [2.75, 3.05) is 18.4 Å². The van der Waals surface area contributed by atoms with E-state index < -0.39 is 11.7 Å². The summed E-state index contributed by atoms with van der Waals surface area (Å²) in [5.74, 6) is 0.411. The van der Waals surface area contributed by atoms with Crippen molar-refractivity contribution in [2.45, 2.75) is 32.3 Å². The number of rotatable bonds is 5. The lowest BCUT2D eigenvalue weighted by Gasteiger charge is -2.19. The fourth-order valence-corrected chi connectivity index (χ4v) is 2.07. The molecule has 7 heteroatoms. The molecule has 0 saturated heterocycles. The van der Waals surface area contributed by atoms with Gasteiger partial charge in [0.05, 0.1) is 11.6 Å². The summed E-state index contributed by atoms with van der Waals surface area (Å²) in [7, 11) is 0. The van der Waals surface area contributed by atoms with Gasteiger partial charge in [0.15, 0.2) is 5.13 Å². The molecule has 0 unspecified atom stereocenters. The minimum Gasteiger partial charge on any atom is -0.444 e. The van der Waals surface area contributed by atoms with E-state index in [1.54, 1.807) is 0 Å². The number of ether oxygens (including phenoxy) is 1. The van der Waals surface area contributed by atoms with E-state index in [9.17, 15) is 4.79 Å². The van der Waals surface area contributed by atoms with Crippen LogP contribution in [0.25, 0.3) is 0 Å². The van der Waals surface area contributed by atoms with Crippen molar-refractivity contribution >= 4 is 34.2 Å². The summed E-state index contributed by atoms with van der Waals surface area (Å²) in [5, 5.41) is 8.46. The third kappa shape index (κ3) is 6.07. The second-order valence-corrected chi connectivity index (χ2v) is 5.76. The summed E-state index contributed by atoms with van der Waals surface area (Å²) in [6, 6.07) is 0. The molecule has 0 radical (unpaired) electrons. The second kappa shape index (κ2) is 6.80. The summed E-state index contributed by atoms with van der Waals surface area (Å²) in [6.45, 7) is 6.55. The molecule has 1 amide bonds. The molecule has 1 heterocycles. The zero-order chi connectivity index (χ0) is 13.6. The average molecular weight is 292 g/mol. The van der Waals surface area contributed by atoms with E-state index >= 15 is 0 Å². The van der Waals surface area contributed by atoms with Gasteiger partial charge in [0.2, 0.25) is 0 Å². The number of carbonyl (C=O) groups is 1. The molecular weight excluding hydrogens is 274 g/mol. The van der Waals surface area contributed by atoms with Gasteiger partial charge in [-0.15, -0.1) is 22.9 Å². The van der Waals surface area contributed by atoms with E-state index in [4.69, 9.17) is 16.3 Å². The molecule has 1 rings (SSSR count). The number of nitrogens with zero attached hydrogens (tertiary/aromatic N) is 1. The van der Waals surface area contributed by atoms with Gasteiger partial charge in [-0.25, -0.2) is 9.78 Å². The van der Waals surface area contributed by atoms with Crippen LogP contribution in [0.1, 0.15) is 26.5 Å². The Hall–Kier alpha value is -1.01. The third-order valence-electron chi connectivity index (χ3n) is 1.76. The van der Waals surface area contributed by atoms with Gasteiger partial charge in [-0.2, -0.15) is 0 Å². The highest BCUT2D eigenvalue weighted by molar-refractivity contribution is 7.13. The molecule has 0 fully saturated rings. The molecule has 1 aromatic heterocycles. The first kappa shape index (κ1) is 15.0. The molecule has 1 aromatic rings. The number of aromatic nitrogens is 1. The quantitative estimate of drug-likeness (QED) is 0.647. The molecular formula is C11H18ClN3O2S. The van der Waals surface area contributed by atoms with Crippen molar-refractivity contribution in [2.24, 2.45) is 0 Å². The Bertz CT molecular complexity index is 390. The van der Waals surface area contributed by atoms with Crippen LogP contribution in [0.2, 0.25) is 0 Å². The molecule has 0 saturated carbocycles. The topological polar surface area (TPSA) is 63.2 Å². The summed E-state index contributed by atoms with van der Waals surface area (Å²) in [5.41, 5.74) is 0.381. The summed E-state index contributed by atoms with van der Waals surface area (Å²) < 4.78 is 5.10. The van der Waals surface area contributed by atoms with Crippen LogP contribution in [-0.2, 0) is 10.6 Å². The molecule has 0 aliphatic rings. The number of carbonyl (C=O) groups excluding carboxylic acids is 1. The highest BCUT2D eigenvalue weighted by atomic mass is 35.5. The first-order valence-corrected chi connectivity index (χ1v) is 7.03. The molecule has 0 spiro atoms. The smallest absolute Gasteiger partial charge is 0.407 e. The minimum absolute atomic E-state index is 0.411. The number of nitrogens with one attached hydrogen (secondary N) is 2. The lowest BCUT2D eigenvalue weighted by molar-refractivity contribution is 0.0530. The Morgan fingerprint density at radius 2 is 2.22 bits per heavy atom. The number of thiazole rings is 1. The number of hydrogen-bond acceptors (Lipinski definition) is 5. The van der Waals surface area contributed by atoms with E-state index in [-0.39, 0.29) is 0 Å². The fourth-order valence-electron chi connectivity index (χ4n) is 1.10. The number of alkyl halides is 1. The average Bonchev–Trinajstić information content (AvgIpc) is 2.70. The number of alkyl carbamates (subject to hydrolysis) is 1. The van der Waals surface area contributed by atoms with Crippen molar-refractivity contribution in [1.82, 2.24) is 10.3 Å². The number of halogens is 1. The third-order valence-corrected chi connectivity index (χ3v) is 2.88. The van der Waals surface area contributed by atoms with Crippen LogP contribution in [0.15, 0.2) is 5.38 Å². The Labute approximate surface area is 116 Å². The van der Waals surface area contributed by atoms with Crippen molar-refractivity contribution in [3.05, 3.63) is 11.1 Å². The van der Waals surface area contributed by atoms with E-state index in [0.717, 1.165) is 10.8 Å². The molecule has 0 bridgehead atoms. The lowest BCUT2D eigenvalue weighted by atomic mass is 10.2. The summed E-state index contributed by atoms with van der Waals surface area (Å²) in [4.78, 5) is 15.6. The Balaban J connectivity index is 2.17. The molecule has 0 aromatic carbocycles. The summed E-state index contributed by atoms with van der Waals surface area (Å²) in [6.07, 6.45) is -0.412. The fraction of sp³-hybridized carbons (Fsp3) is 0.636. The Kier molecular flexibility index (Phi) is 5.68. The van der Waals surface area contributed by atoms with E-state index in [0.29, 0.717) is 19.0 Å². The van der Waals surface area contributed by atoms with Gasteiger partial charge >= 0.3 is 6.09 Å². The summed E-state index contributed by atoms with van der Waals surface area (Å²) >= 11 is 7.14. The molecule has 0 atom stereocenters. The SMILES string of the molecule is CC(C)(C)OC(=O)NCCNc1nc(CCl)cs1. The van der Waals surface area contributed by atoms with Crippen LogP contribution < -0.4 is 10.6 Å². The van der Waals surface area contributed by atoms with Crippen LogP contribution in [0, 0.1) is 0 Å². The molecule has 2 N–H and O–H groups in total. The molecule has 18 heavy (non-hydrogen) atoms. The molecule has 0 aliphatic heterocycles. The number of anilines is 1. The Morgan fingerprint density at radius 1 is 1.50 bits per heavy atom. The maximum absolute atomic E-state index is 11.3. The maximum Gasteiger partial charge on any atom is 0.407 e. The van der Waals surface area contributed by atoms with Crippen molar-refractivity contribution in [3.63, 3.8) is 0 Å². The van der Waals surface area contributed by atoms with Gasteiger partial charge in [0.1, 0.15) is 5.60 Å². The lowest BCUT2D eigenvalue weighted by Crippen LogP contribution is -2.34. The first-order valence-electron chi connectivity index (χ1n) is 5.62. The van der Waals surface area contributed by atoms with E-state index in [1.807, 2.05) is 26.2 Å². The van der Waals surface area contributed by atoms with Gasteiger partial charge in [0.25, 0.3) is 0 Å². The number of amides is 1. The van der Waals surface area contributed by atoms with Crippen molar-refractivity contribution < 1.29 is 9.53 Å². The van der Waals surface area contributed by atoms with Crippen LogP contribution >= 0.6 is 22.9 Å². The Morgan fingerprint density at radius 3 is 2.78 bits per heavy atom. The highest BCUT2D eigenvalue weighted by Crippen LogP contribution is 2.15. The minimum atomic E-state index is -0.470. The van der Waals surface area contributed by atoms with Gasteiger partial charge in [0, 0.05) is 18.5 Å². The molecule has 0 aliphatic carbocycles. The van der Waals surface area contributed by atoms with Gasteiger partial charge in [-0.1, -0.05) is 0 Å². The van der Waals surface area contributed by atoms with Gasteiger partial charge in [-0.05, 0) is 20.8 Å². The zero-order valence-electron chi connectivity index (χ0n) is 10.7. The predicted octanol–water partition coefficient (Wildman–Crippen LogP) is 2.82. The second-order valence-electron chi connectivity index (χ2n) is 4.63. The molecule has 102 valence electrons. The van der Waals surface area contributed by atoms with Crippen molar-refractivity contribution in [1.29, 1.82) is 0 Å². The van der Waals surface area contributed by atoms with Crippen molar-refractivity contribution in [3.8, 4) is 0 Å². The standard InChI is InChI=1S/C11H18ClN3O2S/c1-11(2,3)17-10(16)14-5-4-13-9-15-8(6-12)7-18-9/h7H,4-6H2,1-3H3,(H,13,15)(H,14,16). The van der Waals surface area contributed by atoms with Crippen LogP contribution in [0.4, 0.5) is 9.93 Å². The largest absolute Gasteiger partial charge is 0.444 e. The predicted molar refractivity (Wildman–Crippen MR) is 74.4 cm³/mol.